The summed E-state index contributed by atoms with van der Waals surface area (Å²) in [6.45, 7) is 0. The average molecular weight is 525 g/mol. The highest BCUT2D eigenvalue weighted by atomic mass is 79.9. The van der Waals surface area contributed by atoms with Gasteiger partial charge in [0.15, 0.2) is 11.0 Å². The first-order valence-electron chi connectivity index (χ1n) is 8.94. The van der Waals surface area contributed by atoms with Crippen LogP contribution < -0.4 is 14.9 Å². The summed E-state index contributed by atoms with van der Waals surface area (Å²) in [5.41, 5.74) is 4.07. The maximum absolute atomic E-state index is 12.2. The molecule has 1 heterocycles. The van der Waals surface area contributed by atoms with Gasteiger partial charge in [-0.25, -0.2) is 5.43 Å². The number of aromatic nitrogens is 3. The van der Waals surface area contributed by atoms with Gasteiger partial charge >= 0.3 is 0 Å². The van der Waals surface area contributed by atoms with E-state index in [4.69, 9.17) is 21.1 Å². The van der Waals surface area contributed by atoms with E-state index in [1.54, 1.807) is 38.5 Å². The van der Waals surface area contributed by atoms with Gasteiger partial charge in [-0.15, -0.1) is 10.2 Å². The lowest BCUT2D eigenvalue weighted by Gasteiger charge is -2.09. The Kier molecular flexibility index (Phi) is 7.94. The van der Waals surface area contributed by atoms with Crippen molar-refractivity contribution in [3.63, 3.8) is 0 Å². The molecule has 3 aromatic rings. The number of nitrogens with one attached hydrogen (secondary N) is 1. The Labute approximate surface area is 197 Å². The van der Waals surface area contributed by atoms with Crippen molar-refractivity contribution >= 4 is 51.4 Å². The zero-order chi connectivity index (χ0) is 22.4. The summed E-state index contributed by atoms with van der Waals surface area (Å²) in [4.78, 5) is 12.2. The van der Waals surface area contributed by atoms with Crippen LogP contribution in [0.5, 0.6) is 11.5 Å². The van der Waals surface area contributed by atoms with Gasteiger partial charge in [0.05, 0.1) is 30.7 Å². The number of halogens is 2. The number of carbonyl (C=O) groups excluding carboxylic acids is 1. The third-order valence-electron chi connectivity index (χ3n) is 4.17. The summed E-state index contributed by atoms with van der Waals surface area (Å²) in [5.74, 6) is 1.75. The lowest BCUT2D eigenvalue weighted by molar-refractivity contribution is -0.118. The fourth-order valence-electron chi connectivity index (χ4n) is 2.61. The monoisotopic (exact) mass is 523 g/mol. The number of hydrogen-bond acceptors (Lipinski definition) is 7. The van der Waals surface area contributed by atoms with E-state index < -0.39 is 0 Å². The van der Waals surface area contributed by atoms with E-state index >= 15 is 0 Å². The van der Waals surface area contributed by atoms with Gasteiger partial charge in [0, 0.05) is 29.3 Å². The highest BCUT2D eigenvalue weighted by Crippen LogP contribution is 2.32. The van der Waals surface area contributed by atoms with Crippen LogP contribution in [-0.2, 0) is 11.8 Å². The van der Waals surface area contributed by atoms with E-state index in [9.17, 15) is 4.79 Å². The number of rotatable bonds is 8. The second-order valence-corrected chi connectivity index (χ2v) is 8.42. The van der Waals surface area contributed by atoms with E-state index in [-0.39, 0.29) is 11.7 Å². The summed E-state index contributed by atoms with van der Waals surface area (Å²) in [6, 6.07) is 10.8. The Balaban J connectivity index is 1.59. The van der Waals surface area contributed by atoms with Gasteiger partial charge in [-0.3, -0.25) is 4.79 Å². The van der Waals surface area contributed by atoms with Crippen molar-refractivity contribution in [2.45, 2.75) is 5.16 Å². The van der Waals surface area contributed by atoms with Gasteiger partial charge in [0.25, 0.3) is 5.91 Å². The van der Waals surface area contributed by atoms with Gasteiger partial charge in [-0.1, -0.05) is 23.4 Å². The van der Waals surface area contributed by atoms with Crippen molar-refractivity contribution in [1.29, 1.82) is 0 Å². The van der Waals surface area contributed by atoms with Crippen molar-refractivity contribution in [2.24, 2.45) is 12.1 Å². The maximum atomic E-state index is 12.2. The van der Waals surface area contributed by atoms with Gasteiger partial charge in [-0.2, -0.15) is 5.10 Å². The van der Waals surface area contributed by atoms with Crippen molar-refractivity contribution in [1.82, 2.24) is 20.2 Å². The summed E-state index contributed by atoms with van der Waals surface area (Å²) < 4.78 is 13.1. The zero-order valence-corrected chi connectivity index (χ0v) is 20.1. The van der Waals surface area contributed by atoms with Crippen LogP contribution in [0.4, 0.5) is 0 Å². The number of amides is 1. The van der Waals surface area contributed by atoms with E-state index in [2.05, 4.69) is 36.7 Å². The minimum atomic E-state index is -0.274. The fourth-order valence-corrected chi connectivity index (χ4v) is 3.96. The summed E-state index contributed by atoms with van der Waals surface area (Å²) in [5, 5.41) is 13.6. The molecule has 0 atom stereocenters. The molecule has 0 aliphatic heterocycles. The molecular weight excluding hydrogens is 506 g/mol. The molecule has 0 bridgehead atoms. The molecule has 0 saturated heterocycles. The molecule has 0 unspecified atom stereocenters. The molecule has 0 aliphatic rings. The molecule has 0 fully saturated rings. The minimum absolute atomic E-state index is 0.132. The normalized spacial score (nSPS) is 11.0. The molecule has 1 aromatic heterocycles. The van der Waals surface area contributed by atoms with E-state index in [0.29, 0.717) is 33.1 Å². The molecule has 0 radical (unpaired) electrons. The number of ether oxygens (including phenoxy) is 2. The largest absolute Gasteiger partial charge is 0.496 e. The second-order valence-electron chi connectivity index (χ2n) is 6.18. The topological polar surface area (TPSA) is 90.6 Å². The standard InChI is InChI=1S/C20H19BrClN5O3S/c1-27-19(12-4-6-14(22)7-5-12)25-26-20(27)31-11-18(28)24-23-10-13-8-15(21)17(30-3)9-16(13)29-2/h4-10H,11H2,1-3H3,(H,24,28)/b23-10-. The van der Waals surface area contributed by atoms with Crippen LogP contribution in [0.25, 0.3) is 11.4 Å². The number of thioether (sulfide) groups is 1. The Morgan fingerprint density at radius 2 is 1.94 bits per heavy atom. The third kappa shape index (κ3) is 5.78. The van der Waals surface area contributed by atoms with Crippen LogP contribution in [0, 0.1) is 0 Å². The molecule has 1 amide bonds. The Morgan fingerprint density at radius 1 is 1.23 bits per heavy atom. The van der Waals surface area contributed by atoms with Crippen LogP contribution in [0.3, 0.4) is 0 Å². The molecule has 31 heavy (non-hydrogen) atoms. The molecule has 1 N–H and O–H groups in total. The van der Waals surface area contributed by atoms with Gasteiger partial charge in [-0.05, 0) is 46.3 Å². The third-order valence-corrected chi connectivity index (χ3v) is 6.06. The first kappa shape index (κ1) is 23.1. The number of methoxy groups -OCH3 is 2. The quantitative estimate of drug-likeness (QED) is 0.270. The zero-order valence-electron chi connectivity index (χ0n) is 16.9. The predicted molar refractivity (Wildman–Crippen MR) is 125 cm³/mol. The van der Waals surface area contributed by atoms with Gasteiger partial charge in [0.1, 0.15) is 11.5 Å². The molecule has 162 valence electrons. The molecule has 3 rings (SSSR count). The van der Waals surface area contributed by atoms with E-state index in [1.807, 2.05) is 23.7 Å². The van der Waals surface area contributed by atoms with Crippen molar-refractivity contribution in [2.75, 3.05) is 20.0 Å². The van der Waals surface area contributed by atoms with Crippen molar-refractivity contribution < 1.29 is 14.3 Å². The predicted octanol–water partition coefficient (Wildman–Crippen LogP) is 4.16. The Bertz CT molecular complexity index is 1100. The molecule has 8 nitrogen and oxygen atoms in total. The van der Waals surface area contributed by atoms with E-state index in [1.165, 1.54) is 18.0 Å². The molecule has 11 heteroatoms. The second kappa shape index (κ2) is 10.7. The first-order chi connectivity index (χ1) is 14.9. The lowest BCUT2D eigenvalue weighted by Crippen LogP contribution is -2.20. The van der Waals surface area contributed by atoms with E-state index in [0.717, 1.165) is 10.0 Å². The molecule has 2 aromatic carbocycles. The average Bonchev–Trinajstić information content (AvgIpc) is 3.13. The summed E-state index contributed by atoms with van der Waals surface area (Å²) >= 11 is 10.6. The summed E-state index contributed by atoms with van der Waals surface area (Å²) in [6.07, 6.45) is 1.51. The molecule has 0 spiro atoms. The number of benzene rings is 2. The highest BCUT2D eigenvalue weighted by molar-refractivity contribution is 9.10. The van der Waals surface area contributed by atoms with Crippen molar-refractivity contribution in [3.05, 3.63) is 51.5 Å². The van der Waals surface area contributed by atoms with Crippen LogP contribution >= 0.6 is 39.3 Å². The SMILES string of the molecule is COc1cc(OC)c(/C=N\NC(=O)CSc2nnc(-c3ccc(Cl)cc3)n2C)cc1Br. The van der Waals surface area contributed by atoms with Crippen LogP contribution in [0.1, 0.15) is 5.56 Å². The minimum Gasteiger partial charge on any atom is -0.496 e. The molecule has 0 aliphatic carbocycles. The maximum Gasteiger partial charge on any atom is 0.250 e. The Morgan fingerprint density at radius 3 is 2.61 bits per heavy atom. The number of nitrogens with zero attached hydrogens (tertiary/aromatic N) is 4. The number of carbonyl (C=O) groups is 1. The van der Waals surface area contributed by atoms with Crippen molar-refractivity contribution in [3.8, 4) is 22.9 Å². The van der Waals surface area contributed by atoms with Crippen LogP contribution in [-0.4, -0.2) is 46.9 Å². The molecule has 0 saturated carbocycles. The highest BCUT2D eigenvalue weighted by Gasteiger charge is 2.13. The number of hydrogen-bond donors (Lipinski definition) is 1. The smallest absolute Gasteiger partial charge is 0.250 e. The lowest BCUT2D eigenvalue weighted by atomic mass is 10.2. The fraction of sp³-hybridized carbons (Fsp3) is 0.200. The van der Waals surface area contributed by atoms with Crippen LogP contribution in [0.15, 0.2) is 51.1 Å². The first-order valence-corrected chi connectivity index (χ1v) is 11.1. The molecular formula is C20H19BrClN5O3S. The van der Waals surface area contributed by atoms with Gasteiger partial charge < -0.3 is 14.0 Å². The summed E-state index contributed by atoms with van der Waals surface area (Å²) in [7, 11) is 4.96. The van der Waals surface area contributed by atoms with Crippen LogP contribution in [0.2, 0.25) is 5.02 Å². The van der Waals surface area contributed by atoms with Gasteiger partial charge in [0.2, 0.25) is 0 Å². The number of hydrazone groups is 1. The Hall–Kier alpha value is -2.56.